The van der Waals surface area contributed by atoms with E-state index in [4.69, 9.17) is 9.84 Å². The number of carbonyl (C=O) groups is 2. The lowest BCUT2D eigenvalue weighted by atomic mass is 10.0. The lowest BCUT2D eigenvalue weighted by molar-refractivity contribution is -0.118. The van der Waals surface area contributed by atoms with Gasteiger partial charge in [-0.05, 0) is 42.0 Å². The number of anilines is 1. The molecule has 0 atom stereocenters. The summed E-state index contributed by atoms with van der Waals surface area (Å²) in [5.74, 6) is -0.878. The minimum absolute atomic E-state index is 0.143. The Morgan fingerprint density at radius 1 is 0.933 bits per heavy atom. The van der Waals surface area contributed by atoms with Gasteiger partial charge in [-0.3, -0.25) is 4.79 Å². The van der Waals surface area contributed by atoms with Crippen LogP contribution in [0.25, 0.3) is 11.6 Å². The summed E-state index contributed by atoms with van der Waals surface area (Å²) >= 11 is 0. The van der Waals surface area contributed by atoms with Crippen molar-refractivity contribution in [3.63, 3.8) is 0 Å². The second-order valence-electron chi connectivity index (χ2n) is 6.29. The molecule has 0 aliphatic heterocycles. The highest BCUT2D eigenvalue weighted by Gasteiger charge is 2.09. The molecular formula is C24H18N2O4. The van der Waals surface area contributed by atoms with Gasteiger partial charge >= 0.3 is 5.97 Å². The van der Waals surface area contributed by atoms with E-state index in [2.05, 4.69) is 11.4 Å². The molecule has 0 aromatic heterocycles. The van der Waals surface area contributed by atoms with Crippen molar-refractivity contribution >= 4 is 29.2 Å². The maximum Gasteiger partial charge on any atom is 0.335 e. The summed E-state index contributed by atoms with van der Waals surface area (Å²) in [7, 11) is 0. The number of allylic oxidation sites excluding steroid dienone is 1. The quantitative estimate of drug-likeness (QED) is 0.452. The van der Waals surface area contributed by atoms with E-state index in [0.29, 0.717) is 28.1 Å². The van der Waals surface area contributed by atoms with Crippen LogP contribution in [0.1, 0.15) is 21.5 Å². The maximum absolute atomic E-state index is 12.1. The number of nitrogens with one attached hydrogen (secondary N) is 1. The average molecular weight is 398 g/mol. The van der Waals surface area contributed by atoms with Crippen LogP contribution in [0.2, 0.25) is 0 Å². The van der Waals surface area contributed by atoms with Crippen LogP contribution >= 0.6 is 0 Å². The zero-order chi connectivity index (χ0) is 21.3. The number of hydrogen-bond donors (Lipinski definition) is 2. The normalized spacial score (nSPS) is 10.7. The number of carboxylic acids is 1. The second-order valence-corrected chi connectivity index (χ2v) is 6.29. The number of amides is 1. The van der Waals surface area contributed by atoms with Gasteiger partial charge in [-0.25, -0.2) is 4.79 Å². The Hall–Kier alpha value is -4.37. The average Bonchev–Trinajstić information content (AvgIpc) is 2.77. The van der Waals surface area contributed by atoms with Gasteiger partial charge in [0, 0.05) is 11.3 Å². The van der Waals surface area contributed by atoms with Crippen LogP contribution in [0.4, 0.5) is 5.69 Å². The zero-order valence-corrected chi connectivity index (χ0v) is 15.9. The van der Waals surface area contributed by atoms with Crippen LogP contribution in [0.15, 0.2) is 78.9 Å². The third-order valence-corrected chi connectivity index (χ3v) is 4.20. The van der Waals surface area contributed by atoms with Gasteiger partial charge in [0.2, 0.25) is 0 Å². The minimum Gasteiger partial charge on any atom is -0.483 e. The van der Waals surface area contributed by atoms with Gasteiger partial charge in [-0.1, -0.05) is 48.5 Å². The molecule has 0 radical (unpaired) electrons. The Morgan fingerprint density at radius 3 is 2.23 bits per heavy atom. The van der Waals surface area contributed by atoms with E-state index in [-0.39, 0.29) is 18.1 Å². The highest BCUT2D eigenvalue weighted by Crippen LogP contribution is 2.25. The summed E-state index contributed by atoms with van der Waals surface area (Å²) in [6.07, 6.45) is 1.64. The summed E-state index contributed by atoms with van der Waals surface area (Å²) in [6.45, 7) is -0.186. The fourth-order valence-electron chi connectivity index (χ4n) is 2.72. The molecular weight excluding hydrogens is 380 g/mol. The van der Waals surface area contributed by atoms with Gasteiger partial charge in [0.1, 0.15) is 5.75 Å². The summed E-state index contributed by atoms with van der Waals surface area (Å²) in [6, 6.07) is 24.3. The van der Waals surface area contributed by atoms with Gasteiger partial charge in [-0.2, -0.15) is 5.26 Å². The molecule has 6 heteroatoms. The first kappa shape index (κ1) is 20.4. The molecule has 0 saturated carbocycles. The van der Waals surface area contributed by atoms with E-state index < -0.39 is 5.97 Å². The van der Waals surface area contributed by atoms with Crippen LogP contribution in [0, 0.1) is 11.3 Å². The van der Waals surface area contributed by atoms with Crippen molar-refractivity contribution in [2.24, 2.45) is 0 Å². The molecule has 30 heavy (non-hydrogen) atoms. The van der Waals surface area contributed by atoms with E-state index in [1.54, 1.807) is 54.6 Å². The van der Waals surface area contributed by atoms with Crippen LogP contribution in [0.3, 0.4) is 0 Å². The Kier molecular flexibility index (Phi) is 6.59. The smallest absolute Gasteiger partial charge is 0.335 e. The lowest BCUT2D eigenvalue weighted by Crippen LogP contribution is -2.20. The predicted molar refractivity (Wildman–Crippen MR) is 114 cm³/mol. The number of benzene rings is 3. The molecule has 0 spiro atoms. The monoisotopic (exact) mass is 398 g/mol. The van der Waals surface area contributed by atoms with E-state index in [9.17, 15) is 14.9 Å². The standard InChI is InChI=1S/C24H18N2O4/c25-15-20(17-10-12-18(13-11-17)24(28)29)14-19-6-4-5-9-22(19)30-16-23(27)26-21-7-2-1-3-8-21/h1-14H,16H2,(H,26,27)(H,28,29)/b20-14-. The van der Waals surface area contributed by atoms with Gasteiger partial charge in [0.15, 0.2) is 6.61 Å². The number of ether oxygens (including phenoxy) is 1. The van der Waals surface area contributed by atoms with Gasteiger partial charge in [0.25, 0.3) is 5.91 Å². The molecule has 148 valence electrons. The molecule has 0 bridgehead atoms. The molecule has 0 fully saturated rings. The Morgan fingerprint density at radius 2 is 1.57 bits per heavy atom. The first-order valence-electron chi connectivity index (χ1n) is 9.09. The van der Waals surface area contributed by atoms with Crippen LogP contribution in [-0.4, -0.2) is 23.6 Å². The molecule has 3 rings (SSSR count). The molecule has 3 aromatic carbocycles. The Balaban J connectivity index is 1.75. The summed E-state index contributed by atoms with van der Waals surface area (Å²) in [5.41, 5.74) is 2.37. The Labute approximate surface area is 173 Å². The summed E-state index contributed by atoms with van der Waals surface area (Å²) in [5, 5.41) is 21.3. The van der Waals surface area contributed by atoms with Crippen molar-refractivity contribution in [2.45, 2.75) is 0 Å². The molecule has 0 aliphatic rings. The first-order valence-corrected chi connectivity index (χ1v) is 9.09. The number of carboxylic acid groups (broad SMARTS) is 1. The molecule has 0 unspecified atom stereocenters. The molecule has 2 N–H and O–H groups in total. The zero-order valence-electron chi connectivity index (χ0n) is 15.9. The topological polar surface area (TPSA) is 99.4 Å². The number of nitriles is 1. The fraction of sp³-hybridized carbons (Fsp3) is 0.0417. The van der Waals surface area contributed by atoms with E-state index >= 15 is 0 Å². The second kappa shape index (κ2) is 9.71. The van der Waals surface area contributed by atoms with Gasteiger partial charge in [-0.15, -0.1) is 0 Å². The van der Waals surface area contributed by atoms with E-state index in [1.165, 1.54) is 12.1 Å². The number of carbonyl (C=O) groups excluding carboxylic acids is 1. The maximum atomic E-state index is 12.1. The van der Waals surface area contributed by atoms with Crippen molar-refractivity contribution in [2.75, 3.05) is 11.9 Å². The van der Waals surface area contributed by atoms with Crippen molar-refractivity contribution in [1.29, 1.82) is 5.26 Å². The van der Waals surface area contributed by atoms with Crippen molar-refractivity contribution in [1.82, 2.24) is 0 Å². The number of rotatable bonds is 7. The highest BCUT2D eigenvalue weighted by atomic mass is 16.5. The molecule has 0 saturated heterocycles. The molecule has 0 aliphatic carbocycles. The summed E-state index contributed by atoms with van der Waals surface area (Å²) in [4.78, 5) is 23.1. The van der Waals surface area contributed by atoms with Crippen LogP contribution in [-0.2, 0) is 4.79 Å². The third kappa shape index (κ3) is 5.33. The lowest BCUT2D eigenvalue weighted by Gasteiger charge is -2.10. The Bertz CT molecular complexity index is 1110. The number of para-hydroxylation sites is 2. The van der Waals surface area contributed by atoms with Crippen LogP contribution < -0.4 is 10.1 Å². The minimum atomic E-state index is -1.03. The third-order valence-electron chi connectivity index (χ3n) is 4.20. The predicted octanol–water partition coefficient (Wildman–Crippen LogP) is 4.47. The molecule has 6 nitrogen and oxygen atoms in total. The highest BCUT2D eigenvalue weighted by molar-refractivity contribution is 5.93. The number of aromatic carboxylic acids is 1. The molecule has 0 heterocycles. The van der Waals surface area contributed by atoms with E-state index in [1.807, 2.05) is 18.2 Å². The first-order chi connectivity index (χ1) is 14.6. The van der Waals surface area contributed by atoms with Crippen molar-refractivity contribution in [3.05, 3.63) is 95.6 Å². The van der Waals surface area contributed by atoms with Crippen molar-refractivity contribution in [3.8, 4) is 11.8 Å². The SMILES string of the molecule is N#C/C(=C/c1ccccc1OCC(=O)Nc1ccccc1)c1ccc(C(=O)O)cc1. The fourth-order valence-corrected chi connectivity index (χ4v) is 2.72. The van der Waals surface area contributed by atoms with Gasteiger partial charge < -0.3 is 15.2 Å². The van der Waals surface area contributed by atoms with Gasteiger partial charge in [0.05, 0.1) is 17.2 Å². The number of nitrogens with zero attached hydrogens (tertiary/aromatic N) is 1. The number of hydrogen-bond acceptors (Lipinski definition) is 4. The van der Waals surface area contributed by atoms with E-state index in [0.717, 1.165) is 0 Å². The molecule has 3 aromatic rings. The summed E-state index contributed by atoms with van der Waals surface area (Å²) < 4.78 is 5.66. The van der Waals surface area contributed by atoms with Crippen LogP contribution in [0.5, 0.6) is 5.75 Å². The largest absolute Gasteiger partial charge is 0.483 e. The molecule has 1 amide bonds. The van der Waals surface area contributed by atoms with Crippen molar-refractivity contribution < 1.29 is 19.4 Å².